The first-order valence-corrected chi connectivity index (χ1v) is 8.89. The lowest BCUT2D eigenvalue weighted by atomic mass is 10.0. The smallest absolute Gasteiger partial charge is 0.341 e. The highest BCUT2D eigenvalue weighted by Crippen LogP contribution is 2.40. The summed E-state index contributed by atoms with van der Waals surface area (Å²) in [5.41, 5.74) is 8.39. The second-order valence-corrected chi connectivity index (χ2v) is 6.88. The standard InChI is InChI=1S/C18H22N2O4S/c1-22-13-5-3-12(4-6-13)15-14(11-20-7-9-24-10-8-20)25-17(19)16(15)18(21)23-2/h3-6H,7-11,19H2,1-2H3. The number of carbonyl (C=O) groups is 1. The molecule has 0 atom stereocenters. The number of rotatable bonds is 5. The van der Waals surface area contributed by atoms with Gasteiger partial charge < -0.3 is 19.9 Å². The number of esters is 1. The number of nitrogens with zero attached hydrogens (tertiary/aromatic N) is 1. The number of methoxy groups -OCH3 is 2. The molecule has 1 aromatic heterocycles. The van der Waals surface area contributed by atoms with E-state index in [0.29, 0.717) is 10.6 Å². The molecule has 134 valence electrons. The molecule has 0 saturated carbocycles. The maximum absolute atomic E-state index is 12.3. The largest absolute Gasteiger partial charge is 0.497 e. The average Bonchev–Trinajstić information content (AvgIpc) is 2.97. The third kappa shape index (κ3) is 3.78. The molecule has 7 heteroatoms. The number of thiophene rings is 1. The SMILES string of the molecule is COC(=O)c1c(N)sc(CN2CCOCC2)c1-c1ccc(OC)cc1. The Morgan fingerprint density at radius 1 is 1.24 bits per heavy atom. The topological polar surface area (TPSA) is 74.0 Å². The van der Waals surface area contributed by atoms with Gasteiger partial charge in [0.05, 0.1) is 27.4 Å². The van der Waals surface area contributed by atoms with Gasteiger partial charge in [0.15, 0.2) is 0 Å². The van der Waals surface area contributed by atoms with Gasteiger partial charge in [0.2, 0.25) is 0 Å². The Labute approximate surface area is 151 Å². The molecule has 1 fully saturated rings. The van der Waals surface area contributed by atoms with E-state index in [2.05, 4.69) is 4.90 Å². The van der Waals surface area contributed by atoms with Gasteiger partial charge in [-0.15, -0.1) is 11.3 Å². The monoisotopic (exact) mass is 362 g/mol. The Morgan fingerprint density at radius 3 is 2.52 bits per heavy atom. The minimum absolute atomic E-state index is 0.409. The molecule has 0 radical (unpaired) electrons. The van der Waals surface area contributed by atoms with Crippen LogP contribution in [0.3, 0.4) is 0 Å². The lowest BCUT2D eigenvalue weighted by Crippen LogP contribution is -2.35. The molecule has 25 heavy (non-hydrogen) atoms. The van der Waals surface area contributed by atoms with Crippen LogP contribution in [0.25, 0.3) is 11.1 Å². The van der Waals surface area contributed by atoms with Crippen molar-refractivity contribution in [2.45, 2.75) is 6.54 Å². The highest BCUT2D eigenvalue weighted by molar-refractivity contribution is 7.17. The molecular formula is C18H22N2O4S. The zero-order valence-corrected chi connectivity index (χ0v) is 15.2. The molecule has 1 aliphatic rings. The molecule has 2 heterocycles. The van der Waals surface area contributed by atoms with Crippen molar-refractivity contribution in [3.05, 3.63) is 34.7 Å². The minimum Gasteiger partial charge on any atom is -0.497 e. The van der Waals surface area contributed by atoms with Crippen LogP contribution in [-0.2, 0) is 16.0 Å². The molecule has 1 aliphatic heterocycles. The summed E-state index contributed by atoms with van der Waals surface area (Å²) in [6, 6.07) is 7.64. The van der Waals surface area contributed by atoms with Crippen LogP contribution < -0.4 is 10.5 Å². The highest BCUT2D eigenvalue weighted by atomic mass is 32.1. The number of carbonyl (C=O) groups excluding carboxylic acids is 1. The molecule has 0 unspecified atom stereocenters. The first-order valence-electron chi connectivity index (χ1n) is 8.08. The predicted molar refractivity (Wildman–Crippen MR) is 98.2 cm³/mol. The molecule has 2 N–H and O–H groups in total. The number of nitrogen functional groups attached to an aromatic ring is 1. The Balaban J connectivity index is 2.02. The van der Waals surface area contributed by atoms with Gasteiger partial charge in [-0.25, -0.2) is 4.79 Å². The highest BCUT2D eigenvalue weighted by Gasteiger charge is 2.25. The van der Waals surface area contributed by atoms with Crippen molar-refractivity contribution in [2.24, 2.45) is 0 Å². The maximum Gasteiger partial charge on any atom is 0.341 e. The van der Waals surface area contributed by atoms with Crippen LogP contribution in [-0.4, -0.2) is 51.4 Å². The van der Waals surface area contributed by atoms with Gasteiger partial charge in [0, 0.05) is 30.1 Å². The van der Waals surface area contributed by atoms with Crippen LogP contribution >= 0.6 is 11.3 Å². The van der Waals surface area contributed by atoms with E-state index in [1.807, 2.05) is 24.3 Å². The van der Waals surface area contributed by atoms with Crippen molar-refractivity contribution >= 4 is 22.3 Å². The number of morpholine rings is 1. The van der Waals surface area contributed by atoms with Crippen molar-refractivity contribution < 1.29 is 19.0 Å². The summed E-state index contributed by atoms with van der Waals surface area (Å²) in [5, 5.41) is 0.487. The summed E-state index contributed by atoms with van der Waals surface area (Å²) in [6.07, 6.45) is 0. The van der Waals surface area contributed by atoms with Crippen molar-refractivity contribution in [2.75, 3.05) is 46.3 Å². The van der Waals surface area contributed by atoms with Gasteiger partial charge >= 0.3 is 5.97 Å². The number of hydrogen-bond acceptors (Lipinski definition) is 7. The van der Waals surface area contributed by atoms with E-state index in [1.165, 1.54) is 18.4 Å². The number of nitrogens with two attached hydrogens (primary N) is 1. The van der Waals surface area contributed by atoms with Gasteiger partial charge in [-0.1, -0.05) is 12.1 Å². The molecular weight excluding hydrogens is 340 g/mol. The average molecular weight is 362 g/mol. The van der Waals surface area contributed by atoms with Crippen LogP contribution in [0.4, 0.5) is 5.00 Å². The Hall–Kier alpha value is -2.09. The third-order valence-electron chi connectivity index (χ3n) is 4.25. The molecule has 0 bridgehead atoms. The fourth-order valence-electron chi connectivity index (χ4n) is 2.94. The second kappa shape index (κ2) is 7.86. The number of anilines is 1. The van der Waals surface area contributed by atoms with E-state index in [0.717, 1.165) is 54.6 Å². The molecule has 2 aromatic rings. The molecule has 6 nitrogen and oxygen atoms in total. The zero-order valence-electron chi connectivity index (χ0n) is 14.4. The Bertz CT molecular complexity index is 736. The van der Waals surface area contributed by atoms with E-state index in [-0.39, 0.29) is 0 Å². The van der Waals surface area contributed by atoms with E-state index in [4.69, 9.17) is 19.9 Å². The zero-order chi connectivity index (χ0) is 17.8. The normalized spacial score (nSPS) is 15.1. The summed E-state index contributed by atoms with van der Waals surface area (Å²) < 4.78 is 15.6. The fraction of sp³-hybridized carbons (Fsp3) is 0.389. The summed E-state index contributed by atoms with van der Waals surface area (Å²) in [5.74, 6) is 0.356. The van der Waals surface area contributed by atoms with Gasteiger partial charge in [-0.05, 0) is 17.7 Å². The van der Waals surface area contributed by atoms with E-state index < -0.39 is 5.97 Å². The maximum atomic E-state index is 12.3. The molecule has 1 saturated heterocycles. The van der Waals surface area contributed by atoms with Gasteiger partial charge in [-0.3, -0.25) is 4.90 Å². The second-order valence-electron chi connectivity index (χ2n) is 5.75. The van der Waals surface area contributed by atoms with E-state index >= 15 is 0 Å². The number of hydrogen-bond donors (Lipinski definition) is 1. The van der Waals surface area contributed by atoms with Gasteiger partial charge in [0.1, 0.15) is 16.3 Å². The third-order valence-corrected chi connectivity index (χ3v) is 5.25. The van der Waals surface area contributed by atoms with Gasteiger partial charge in [0.25, 0.3) is 0 Å². The quantitative estimate of drug-likeness (QED) is 0.824. The van der Waals surface area contributed by atoms with Crippen molar-refractivity contribution in [1.82, 2.24) is 4.90 Å². The van der Waals surface area contributed by atoms with Crippen LogP contribution in [0, 0.1) is 0 Å². The van der Waals surface area contributed by atoms with Crippen LogP contribution in [0.1, 0.15) is 15.2 Å². The molecule has 3 rings (SSSR count). The van der Waals surface area contributed by atoms with Crippen molar-refractivity contribution in [3.8, 4) is 16.9 Å². The molecule has 1 aromatic carbocycles. The number of ether oxygens (including phenoxy) is 3. The molecule has 0 amide bonds. The van der Waals surface area contributed by atoms with Crippen LogP contribution in [0.2, 0.25) is 0 Å². The summed E-state index contributed by atoms with van der Waals surface area (Å²) in [6.45, 7) is 3.92. The number of benzene rings is 1. The van der Waals surface area contributed by atoms with Crippen molar-refractivity contribution in [3.63, 3.8) is 0 Å². The molecule has 0 spiro atoms. The lowest BCUT2D eigenvalue weighted by Gasteiger charge is -2.26. The van der Waals surface area contributed by atoms with E-state index in [9.17, 15) is 4.79 Å². The van der Waals surface area contributed by atoms with Crippen molar-refractivity contribution in [1.29, 1.82) is 0 Å². The first kappa shape index (κ1) is 17.7. The Kier molecular flexibility index (Phi) is 5.57. The first-order chi connectivity index (χ1) is 12.1. The van der Waals surface area contributed by atoms with E-state index in [1.54, 1.807) is 7.11 Å². The van der Waals surface area contributed by atoms with Gasteiger partial charge in [-0.2, -0.15) is 0 Å². The fourth-order valence-corrected chi connectivity index (χ4v) is 4.06. The van der Waals surface area contributed by atoms with Crippen LogP contribution in [0.5, 0.6) is 5.75 Å². The minimum atomic E-state index is -0.409. The predicted octanol–water partition coefficient (Wildman–Crippen LogP) is 2.62. The summed E-state index contributed by atoms with van der Waals surface area (Å²) >= 11 is 1.45. The molecule has 0 aliphatic carbocycles. The summed E-state index contributed by atoms with van der Waals surface area (Å²) in [4.78, 5) is 15.7. The Morgan fingerprint density at radius 2 is 1.92 bits per heavy atom. The van der Waals surface area contributed by atoms with Crippen LogP contribution in [0.15, 0.2) is 24.3 Å². The summed E-state index contributed by atoms with van der Waals surface area (Å²) in [7, 11) is 3.00. The lowest BCUT2D eigenvalue weighted by molar-refractivity contribution is 0.0346.